The molecule has 0 fully saturated rings. The predicted molar refractivity (Wildman–Crippen MR) is 105 cm³/mol. The molecule has 3 rings (SSSR count). The number of thioether (sulfide) groups is 1. The second kappa shape index (κ2) is 8.05. The van der Waals surface area contributed by atoms with Crippen LogP contribution in [0.5, 0.6) is 0 Å². The molecule has 3 aromatic rings. The Bertz CT molecular complexity index is 968. The molecule has 0 saturated carbocycles. The van der Waals surface area contributed by atoms with Gasteiger partial charge in [0.15, 0.2) is 5.16 Å². The molecule has 2 amide bonds. The van der Waals surface area contributed by atoms with E-state index in [1.165, 1.54) is 11.8 Å². The summed E-state index contributed by atoms with van der Waals surface area (Å²) in [6, 6.07) is 14.3. The number of nitrogens with two attached hydrogens (primary N) is 1. The van der Waals surface area contributed by atoms with Crippen molar-refractivity contribution in [3.05, 3.63) is 66.0 Å². The van der Waals surface area contributed by atoms with E-state index in [0.29, 0.717) is 16.4 Å². The Kier molecular flexibility index (Phi) is 5.56. The maximum absolute atomic E-state index is 12.5. The van der Waals surface area contributed by atoms with Crippen molar-refractivity contribution in [2.75, 3.05) is 5.32 Å². The van der Waals surface area contributed by atoms with Gasteiger partial charge in [0.1, 0.15) is 6.33 Å². The summed E-state index contributed by atoms with van der Waals surface area (Å²) < 4.78 is 1.87. The van der Waals surface area contributed by atoms with E-state index in [0.717, 1.165) is 11.3 Å². The SMILES string of the molecule is Cc1ccccc1-n1cnnc1SC(C)C(=O)Nc1ccc(C(N)=O)cc1. The van der Waals surface area contributed by atoms with Gasteiger partial charge in [0, 0.05) is 11.3 Å². The average molecular weight is 381 g/mol. The Hall–Kier alpha value is -3.13. The third-order valence-electron chi connectivity index (χ3n) is 3.98. The fourth-order valence-electron chi connectivity index (χ4n) is 2.48. The van der Waals surface area contributed by atoms with Gasteiger partial charge in [-0.25, -0.2) is 0 Å². The van der Waals surface area contributed by atoms with Gasteiger partial charge in [0.2, 0.25) is 11.8 Å². The van der Waals surface area contributed by atoms with Gasteiger partial charge in [-0.15, -0.1) is 10.2 Å². The molecule has 0 bridgehead atoms. The summed E-state index contributed by atoms with van der Waals surface area (Å²) in [4.78, 5) is 23.6. The molecule has 0 aliphatic heterocycles. The first kappa shape index (κ1) is 18.7. The fourth-order valence-corrected chi connectivity index (χ4v) is 3.31. The zero-order valence-electron chi connectivity index (χ0n) is 14.9. The van der Waals surface area contributed by atoms with Crippen molar-refractivity contribution >= 4 is 29.3 Å². The van der Waals surface area contributed by atoms with Crippen LogP contribution in [0, 0.1) is 6.92 Å². The molecule has 27 heavy (non-hydrogen) atoms. The van der Waals surface area contributed by atoms with Crippen molar-refractivity contribution in [1.29, 1.82) is 0 Å². The number of amides is 2. The number of para-hydroxylation sites is 1. The Balaban J connectivity index is 1.70. The number of hydrogen-bond donors (Lipinski definition) is 2. The van der Waals surface area contributed by atoms with Gasteiger partial charge in [-0.3, -0.25) is 14.2 Å². The lowest BCUT2D eigenvalue weighted by molar-refractivity contribution is -0.115. The van der Waals surface area contributed by atoms with Crippen LogP contribution in [0.1, 0.15) is 22.8 Å². The molecule has 3 N–H and O–H groups in total. The van der Waals surface area contributed by atoms with Crippen molar-refractivity contribution in [1.82, 2.24) is 14.8 Å². The molecule has 0 saturated heterocycles. The number of nitrogens with zero attached hydrogens (tertiary/aromatic N) is 3. The van der Waals surface area contributed by atoms with Gasteiger partial charge < -0.3 is 11.1 Å². The summed E-state index contributed by atoms with van der Waals surface area (Å²) >= 11 is 1.32. The van der Waals surface area contributed by atoms with Gasteiger partial charge >= 0.3 is 0 Å². The Labute approximate surface area is 161 Å². The highest BCUT2D eigenvalue weighted by Crippen LogP contribution is 2.26. The Morgan fingerprint density at radius 3 is 2.52 bits per heavy atom. The van der Waals surface area contributed by atoms with E-state index in [4.69, 9.17) is 5.73 Å². The Morgan fingerprint density at radius 1 is 1.15 bits per heavy atom. The summed E-state index contributed by atoms with van der Waals surface area (Å²) in [6.45, 7) is 3.81. The minimum Gasteiger partial charge on any atom is -0.366 e. The number of nitrogens with one attached hydrogen (secondary N) is 1. The molecule has 1 heterocycles. The van der Waals surface area contributed by atoms with Crippen LogP contribution in [0.3, 0.4) is 0 Å². The summed E-state index contributed by atoms with van der Waals surface area (Å²) in [5, 5.41) is 11.2. The summed E-state index contributed by atoms with van der Waals surface area (Å²) in [5.74, 6) is -0.682. The van der Waals surface area contributed by atoms with Crippen LogP contribution in [0.15, 0.2) is 60.0 Å². The molecule has 7 nitrogen and oxygen atoms in total. The minimum atomic E-state index is -0.507. The van der Waals surface area contributed by atoms with E-state index in [1.54, 1.807) is 37.5 Å². The molecule has 138 valence electrons. The molecular formula is C19H19N5O2S. The number of anilines is 1. The molecule has 2 aromatic carbocycles. The zero-order chi connectivity index (χ0) is 19.4. The molecule has 1 aromatic heterocycles. The van der Waals surface area contributed by atoms with Gasteiger partial charge in [-0.1, -0.05) is 30.0 Å². The summed E-state index contributed by atoms with van der Waals surface area (Å²) in [7, 11) is 0. The van der Waals surface area contributed by atoms with Crippen LogP contribution < -0.4 is 11.1 Å². The van der Waals surface area contributed by atoms with Crippen molar-refractivity contribution in [2.24, 2.45) is 5.73 Å². The highest BCUT2D eigenvalue weighted by molar-refractivity contribution is 8.00. The minimum absolute atomic E-state index is 0.175. The molecule has 8 heteroatoms. The first-order chi connectivity index (χ1) is 13.0. The fraction of sp³-hybridized carbons (Fsp3) is 0.158. The number of aryl methyl sites for hydroxylation is 1. The molecule has 0 aliphatic carbocycles. The third-order valence-corrected chi connectivity index (χ3v) is 5.04. The first-order valence-corrected chi connectivity index (χ1v) is 9.17. The molecule has 0 aliphatic rings. The number of carbonyl (C=O) groups excluding carboxylic acids is 2. The van der Waals surface area contributed by atoms with Crippen LogP contribution in [0.2, 0.25) is 0 Å². The zero-order valence-corrected chi connectivity index (χ0v) is 15.7. The number of primary amides is 1. The van der Waals surface area contributed by atoms with E-state index in [1.807, 2.05) is 35.8 Å². The molecule has 1 atom stereocenters. The van der Waals surface area contributed by atoms with Crippen molar-refractivity contribution < 1.29 is 9.59 Å². The Morgan fingerprint density at radius 2 is 1.85 bits per heavy atom. The average Bonchev–Trinajstić information content (AvgIpc) is 3.10. The number of aromatic nitrogens is 3. The lowest BCUT2D eigenvalue weighted by Crippen LogP contribution is -2.23. The normalized spacial score (nSPS) is 11.8. The first-order valence-electron chi connectivity index (χ1n) is 8.29. The topological polar surface area (TPSA) is 103 Å². The lowest BCUT2D eigenvalue weighted by atomic mass is 10.2. The van der Waals surface area contributed by atoms with E-state index in [2.05, 4.69) is 15.5 Å². The highest BCUT2D eigenvalue weighted by atomic mass is 32.2. The van der Waals surface area contributed by atoms with Crippen LogP contribution in [-0.2, 0) is 4.79 Å². The van der Waals surface area contributed by atoms with Crippen LogP contribution >= 0.6 is 11.8 Å². The molecule has 0 spiro atoms. The number of hydrogen-bond acceptors (Lipinski definition) is 5. The van der Waals surface area contributed by atoms with E-state index in [9.17, 15) is 9.59 Å². The standard InChI is InChI=1S/C19H19N5O2S/c1-12-5-3-4-6-16(12)24-11-21-23-19(24)27-13(2)18(26)22-15-9-7-14(8-10-15)17(20)25/h3-11,13H,1-2H3,(H2,20,25)(H,22,26). The smallest absolute Gasteiger partial charge is 0.248 e. The monoisotopic (exact) mass is 381 g/mol. The third kappa shape index (κ3) is 4.35. The highest BCUT2D eigenvalue weighted by Gasteiger charge is 2.19. The van der Waals surface area contributed by atoms with Gasteiger partial charge in [0.25, 0.3) is 0 Å². The molecule has 0 radical (unpaired) electrons. The number of carbonyl (C=O) groups is 2. The largest absolute Gasteiger partial charge is 0.366 e. The predicted octanol–water partition coefficient (Wildman–Crippen LogP) is 2.79. The quantitative estimate of drug-likeness (QED) is 0.639. The lowest BCUT2D eigenvalue weighted by Gasteiger charge is -2.13. The second-order valence-electron chi connectivity index (χ2n) is 5.96. The van der Waals surface area contributed by atoms with Crippen LogP contribution in [0.4, 0.5) is 5.69 Å². The summed E-state index contributed by atoms with van der Waals surface area (Å²) in [6.07, 6.45) is 1.64. The summed E-state index contributed by atoms with van der Waals surface area (Å²) in [5.41, 5.74) is 8.26. The van der Waals surface area contributed by atoms with E-state index < -0.39 is 11.2 Å². The van der Waals surface area contributed by atoms with Gasteiger partial charge in [-0.05, 0) is 49.7 Å². The number of rotatable bonds is 6. The van der Waals surface area contributed by atoms with Crippen LogP contribution in [-0.4, -0.2) is 31.8 Å². The van der Waals surface area contributed by atoms with E-state index >= 15 is 0 Å². The van der Waals surface area contributed by atoms with Crippen molar-refractivity contribution in [3.63, 3.8) is 0 Å². The van der Waals surface area contributed by atoms with Crippen molar-refractivity contribution in [3.8, 4) is 5.69 Å². The van der Waals surface area contributed by atoms with Gasteiger partial charge in [-0.2, -0.15) is 0 Å². The van der Waals surface area contributed by atoms with Gasteiger partial charge in [0.05, 0.1) is 10.9 Å². The maximum Gasteiger partial charge on any atom is 0.248 e. The second-order valence-corrected chi connectivity index (χ2v) is 7.27. The van der Waals surface area contributed by atoms with Crippen molar-refractivity contribution in [2.45, 2.75) is 24.3 Å². The maximum atomic E-state index is 12.5. The number of benzene rings is 2. The molecule has 1 unspecified atom stereocenters. The van der Waals surface area contributed by atoms with E-state index in [-0.39, 0.29) is 5.91 Å². The van der Waals surface area contributed by atoms with Crippen LogP contribution in [0.25, 0.3) is 5.69 Å². The molecular weight excluding hydrogens is 362 g/mol.